The van der Waals surface area contributed by atoms with Gasteiger partial charge in [0.2, 0.25) is 0 Å². The van der Waals surface area contributed by atoms with Gasteiger partial charge in [0, 0.05) is 32.2 Å². The van der Waals surface area contributed by atoms with Gasteiger partial charge in [0.15, 0.2) is 0 Å². The van der Waals surface area contributed by atoms with E-state index in [1.807, 2.05) is 0 Å². The molecule has 1 aromatic carbocycles. The summed E-state index contributed by atoms with van der Waals surface area (Å²) >= 11 is 0. The summed E-state index contributed by atoms with van der Waals surface area (Å²) in [7, 11) is 1.73. The highest BCUT2D eigenvalue weighted by atomic mass is 16.5. The van der Waals surface area contributed by atoms with Crippen LogP contribution in [-0.2, 0) is 16.1 Å². The Bertz CT molecular complexity index is 400. The molecule has 19 heavy (non-hydrogen) atoms. The first kappa shape index (κ1) is 13.1. The molecule has 2 aliphatic rings. The van der Waals surface area contributed by atoms with Crippen LogP contribution in [0.15, 0.2) is 24.3 Å². The van der Waals surface area contributed by atoms with Gasteiger partial charge in [-0.2, -0.15) is 0 Å². The first-order chi connectivity index (χ1) is 9.36. The average molecular weight is 261 g/mol. The van der Waals surface area contributed by atoms with Crippen molar-refractivity contribution in [1.82, 2.24) is 5.32 Å². The van der Waals surface area contributed by atoms with Gasteiger partial charge in [0.25, 0.3) is 0 Å². The van der Waals surface area contributed by atoms with Gasteiger partial charge in [-0.05, 0) is 30.4 Å². The molecule has 104 valence electrons. The summed E-state index contributed by atoms with van der Waals surface area (Å²) in [5.41, 5.74) is 2.52. The van der Waals surface area contributed by atoms with E-state index in [1.165, 1.54) is 30.4 Å². The van der Waals surface area contributed by atoms with Gasteiger partial charge >= 0.3 is 0 Å². The minimum atomic E-state index is 0.267. The minimum Gasteiger partial charge on any atom is -0.380 e. The summed E-state index contributed by atoms with van der Waals surface area (Å²) in [6, 6.07) is 9.45. The van der Waals surface area contributed by atoms with Gasteiger partial charge in [-0.25, -0.2) is 0 Å². The summed E-state index contributed by atoms with van der Waals surface area (Å²) in [6.07, 6.45) is 4.14. The second-order valence-corrected chi connectivity index (χ2v) is 5.70. The molecule has 2 fully saturated rings. The number of ether oxygens (including phenoxy) is 2. The molecule has 0 radical (unpaired) electrons. The van der Waals surface area contributed by atoms with Crippen molar-refractivity contribution in [2.45, 2.75) is 38.0 Å². The van der Waals surface area contributed by atoms with Gasteiger partial charge < -0.3 is 14.8 Å². The largest absolute Gasteiger partial charge is 0.380 e. The lowest BCUT2D eigenvalue weighted by molar-refractivity contribution is 0.0904. The van der Waals surface area contributed by atoms with E-state index in [0.717, 1.165) is 19.2 Å². The normalized spacial score (nSPS) is 26.8. The van der Waals surface area contributed by atoms with Crippen molar-refractivity contribution >= 4 is 0 Å². The highest BCUT2D eigenvalue weighted by molar-refractivity contribution is 5.25. The van der Waals surface area contributed by atoms with Gasteiger partial charge in [0.05, 0.1) is 12.7 Å². The fourth-order valence-corrected chi connectivity index (χ4v) is 2.79. The second-order valence-electron chi connectivity index (χ2n) is 5.70. The Morgan fingerprint density at radius 1 is 1.21 bits per heavy atom. The van der Waals surface area contributed by atoms with Crippen molar-refractivity contribution in [3.63, 3.8) is 0 Å². The van der Waals surface area contributed by atoms with Gasteiger partial charge in [-0.15, -0.1) is 0 Å². The van der Waals surface area contributed by atoms with E-state index < -0.39 is 0 Å². The number of rotatable bonds is 6. The second kappa shape index (κ2) is 6.04. The van der Waals surface area contributed by atoms with E-state index in [1.54, 1.807) is 7.11 Å². The summed E-state index contributed by atoms with van der Waals surface area (Å²) in [6.45, 7) is 2.66. The Kier molecular flexibility index (Phi) is 4.16. The molecule has 1 aromatic rings. The standard InChI is InChI=1S/C16H23NO2/c1-18-11-12-2-4-13(5-3-12)16-14(8-9-19-16)10-17-15-6-7-15/h2-5,14-17H,6-11H2,1H3. The van der Waals surface area contributed by atoms with Crippen molar-refractivity contribution in [3.05, 3.63) is 35.4 Å². The topological polar surface area (TPSA) is 30.5 Å². The van der Waals surface area contributed by atoms with Gasteiger partial charge in [0.1, 0.15) is 0 Å². The molecule has 0 spiro atoms. The summed E-state index contributed by atoms with van der Waals surface area (Å²) in [4.78, 5) is 0. The molecule has 1 aliphatic carbocycles. The third-order valence-corrected chi connectivity index (χ3v) is 4.08. The van der Waals surface area contributed by atoms with Crippen molar-refractivity contribution in [2.24, 2.45) is 5.92 Å². The number of benzene rings is 1. The van der Waals surface area contributed by atoms with Crippen LogP contribution in [0.5, 0.6) is 0 Å². The van der Waals surface area contributed by atoms with E-state index in [0.29, 0.717) is 12.5 Å². The minimum absolute atomic E-state index is 0.267. The summed E-state index contributed by atoms with van der Waals surface area (Å²) in [5.74, 6) is 0.619. The number of hydrogen-bond donors (Lipinski definition) is 1. The monoisotopic (exact) mass is 261 g/mol. The van der Waals surface area contributed by atoms with Crippen molar-refractivity contribution in [1.29, 1.82) is 0 Å². The van der Waals surface area contributed by atoms with Crippen molar-refractivity contribution in [3.8, 4) is 0 Å². The summed E-state index contributed by atoms with van der Waals surface area (Å²) in [5, 5.41) is 3.63. The van der Waals surface area contributed by atoms with Crippen LogP contribution < -0.4 is 5.32 Å². The molecule has 3 rings (SSSR count). The average Bonchev–Trinajstić information content (AvgIpc) is 3.15. The van der Waals surface area contributed by atoms with Crippen LogP contribution in [-0.4, -0.2) is 26.3 Å². The third-order valence-electron chi connectivity index (χ3n) is 4.08. The fraction of sp³-hybridized carbons (Fsp3) is 0.625. The van der Waals surface area contributed by atoms with Crippen molar-refractivity contribution in [2.75, 3.05) is 20.3 Å². The molecule has 1 N–H and O–H groups in total. The maximum atomic E-state index is 5.93. The van der Waals surface area contributed by atoms with Crippen LogP contribution in [0.2, 0.25) is 0 Å². The molecule has 0 bridgehead atoms. The van der Waals surface area contributed by atoms with E-state index in [2.05, 4.69) is 29.6 Å². The number of nitrogens with one attached hydrogen (secondary N) is 1. The van der Waals surface area contributed by atoms with Crippen LogP contribution >= 0.6 is 0 Å². The molecule has 2 unspecified atom stereocenters. The molecule has 2 atom stereocenters. The fourth-order valence-electron chi connectivity index (χ4n) is 2.79. The van der Waals surface area contributed by atoms with E-state index in [9.17, 15) is 0 Å². The highest BCUT2D eigenvalue weighted by Gasteiger charge is 2.31. The zero-order valence-corrected chi connectivity index (χ0v) is 11.6. The lowest BCUT2D eigenvalue weighted by atomic mass is 9.94. The summed E-state index contributed by atoms with van der Waals surface area (Å²) < 4.78 is 11.1. The lowest BCUT2D eigenvalue weighted by Gasteiger charge is -2.19. The first-order valence-electron chi connectivity index (χ1n) is 7.29. The molecule has 3 nitrogen and oxygen atoms in total. The van der Waals surface area contributed by atoms with Crippen LogP contribution in [0.4, 0.5) is 0 Å². The van der Waals surface area contributed by atoms with Crippen LogP contribution in [0.3, 0.4) is 0 Å². The number of hydrogen-bond acceptors (Lipinski definition) is 3. The van der Waals surface area contributed by atoms with E-state index in [-0.39, 0.29) is 6.10 Å². The first-order valence-corrected chi connectivity index (χ1v) is 7.29. The molecule has 1 saturated carbocycles. The van der Waals surface area contributed by atoms with Gasteiger partial charge in [-0.3, -0.25) is 0 Å². The van der Waals surface area contributed by atoms with Crippen molar-refractivity contribution < 1.29 is 9.47 Å². The third kappa shape index (κ3) is 3.35. The van der Waals surface area contributed by atoms with Crippen LogP contribution in [0, 0.1) is 5.92 Å². The Balaban J connectivity index is 1.61. The Labute approximate surface area is 115 Å². The highest BCUT2D eigenvalue weighted by Crippen LogP contribution is 2.34. The Morgan fingerprint density at radius 2 is 2.00 bits per heavy atom. The zero-order valence-electron chi connectivity index (χ0n) is 11.6. The SMILES string of the molecule is COCc1ccc(C2OCCC2CNC2CC2)cc1. The predicted molar refractivity (Wildman–Crippen MR) is 75.0 cm³/mol. The number of methoxy groups -OCH3 is 1. The quantitative estimate of drug-likeness (QED) is 0.854. The Hall–Kier alpha value is -0.900. The molecule has 1 aliphatic heterocycles. The maximum absolute atomic E-state index is 5.93. The molecule has 0 aromatic heterocycles. The molecule has 3 heteroatoms. The smallest absolute Gasteiger partial charge is 0.0866 e. The van der Waals surface area contributed by atoms with Crippen LogP contribution in [0.1, 0.15) is 36.5 Å². The molecular formula is C16H23NO2. The van der Waals surface area contributed by atoms with E-state index in [4.69, 9.17) is 9.47 Å². The molecule has 1 heterocycles. The lowest BCUT2D eigenvalue weighted by Crippen LogP contribution is -2.26. The Morgan fingerprint density at radius 3 is 2.68 bits per heavy atom. The van der Waals surface area contributed by atoms with Gasteiger partial charge in [-0.1, -0.05) is 24.3 Å². The van der Waals surface area contributed by atoms with Crippen LogP contribution in [0.25, 0.3) is 0 Å². The zero-order chi connectivity index (χ0) is 13.1. The molecular weight excluding hydrogens is 238 g/mol. The molecule has 1 saturated heterocycles. The van der Waals surface area contributed by atoms with E-state index >= 15 is 0 Å². The predicted octanol–water partition coefficient (Wildman–Crippen LogP) is 2.66. The molecule has 0 amide bonds. The maximum Gasteiger partial charge on any atom is 0.0866 e.